The number of nitriles is 1. The Hall–Kier alpha value is -3.21. The van der Waals surface area contributed by atoms with Crippen molar-refractivity contribution in [3.63, 3.8) is 0 Å². The topological polar surface area (TPSA) is 91.7 Å². The highest BCUT2D eigenvalue weighted by molar-refractivity contribution is 5.98. The van der Waals surface area contributed by atoms with Crippen LogP contribution in [-0.4, -0.2) is 58.1 Å². The molecular weight excluding hydrogens is 360 g/mol. The number of ether oxygens (including phenoxy) is 1. The summed E-state index contributed by atoms with van der Waals surface area (Å²) in [7, 11) is 0. The van der Waals surface area contributed by atoms with E-state index in [-0.39, 0.29) is 23.1 Å². The molecule has 1 aliphatic rings. The molecule has 148 valence electrons. The third-order valence-corrected chi connectivity index (χ3v) is 4.45. The van der Waals surface area contributed by atoms with E-state index in [9.17, 15) is 14.9 Å². The number of furan rings is 1. The Bertz CT molecular complexity index is 907. The van der Waals surface area contributed by atoms with E-state index in [0.717, 1.165) is 0 Å². The van der Waals surface area contributed by atoms with Crippen molar-refractivity contribution >= 4 is 12.0 Å². The second-order valence-electron chi connectivity index (χ2n) is 7.68. The van der Waals surface area contributed by atoms with Gasteiger partial charge in [0.2, 0.25) is 5.88 Å². The number of amides is 2. The average molecular weight is 384 g/mol. The van der Waals surface area contributed by atoms with Crippen LogP contribution in [0.15, 0.2) is 28.9 Å². The molecule has 0 spiro atoms. The zero-order valence-corrected chi connectivity index (χ0v) is 16.6. The van der Waals surface area contributed by atoms with Gasteiger partial charge in [-0.1, -0.05) is 0 Å². The average Bonchev–Trinajstić information content (AvgIpc) is 3.27. The number of piperazine rings is 1. The molecule has 8 nitrogen and oxygen atoms in total. The lowest BCUT2D eigenvalue weighted by Gasteiger charge is -2.35. The van der Waals surface area contributed by atoms with Gasteiger partial charge in [-0.05, 0) is 39.8 Å². The Labute approximate surface area is 163 Å². The van der Waals surface area contributed by atoms with E-state index >= 15 is 0 Å². The van der Waals surface area contributed by atoms with Crippen molar-refractivity contribution in [3.8, 4) is 12.0 Å². The van der Waals surface area contributed by atoms with Crippen LogP contribution < -0.4 is 0 Å². The zero-order chi connectivity index (χ0) is 20.5. The molecule has 0 unspecified atom stereocenters. The highest BCUT2D eigenvalue weighted by Crippen LogP contribution is 2.27. The fourth-order valence-corrected chi connectivity index (χ4v) is 3.12. The fraction of sp³-hybridized carbons (Fsp3) is 0.450. The first-order chi connectivity index (χ1) is 13.2. The van der Waals surface area contributed by atoms with Gasteiger partial charge in [0.1, 0.15) is 28.6 Å². The molecule has 0 bridgehead atoms. The van der Waals surface area contributed by atoms with Gasteiger partial charge in [0.05, 0.1) is 0 Å². The number of nitrogens with zero attached hydrogens (tertiary/aromatic N) is 4. The van der Waals surface area contributed by atoms with E-state index in [4.69, 9.17) is 9.15 Å². The monoisotopic (exact) mass is 384 g/mol. The first-order valence-electron chi connectivity index (χ1n) is 9.15. The van der Waals surface area contributed by atoms with Crippen molar-refractivity contribution in [1.82, 2.24) is 14.4 Å². The molecule has 0 aromatic carbocycles. The maximum atomic E-state index is 13.1. The normalized spacial score (nSPS) is 14.7. The molecule has 0 atom stereocenters. The number of hydrogen-bond donors (Lipinski definition) is 0. The van der Waals surface area contributed by atoms with Crippen LogP contribution in [0.1, 0.15) is 42.5 Å². The maximum absolute atomic E-state index is 13.1. The summed E-state index contributed by atoms with van der Waals surface area (Å²) < 4.78 is 12.8. The number of rotatable bonds is 2. The summed E-state index contributed by atoms with van der Waals surface area (Å²) in [4.78, 5) is 28.5. The van der Waals surface area contributed by atoms with E-state index in [1.807, 2.05) is 32.9 Å². The van der Waals surface area contributed by atoms with Gasteiger partial charge in [0.25, 0.3) is 5.91 Å². The molecule has 3 rings (SSSR count). The predicted molar refractivity (Wildman–Crippen MR) is 101 cm³/mol. The minimum Gasteiger partial charge on any atom is -0.444 e. The quantitative estimate of drug-likeness (QED) is 0.794. The molecule has 3 heterocycles. The number of aromatic nitrogens is 1. The molecule has 2 aromatic rings. The second kappa shape index (κ2) is 7.43. The predicted octanol–water partition coefficient (Wildman–Crippen LogP) is 2.94. The van der Waals surface area contributed by atoms with Gasteiger partial charge in [-0.15, -0.1) is 0 Å². The molecule has 0 radical (unpaired) electrons. The molecule has 8 heteroatoms. The van der Waals surface area contributed by atoms with Gasteiger partial charge in [0.15, 0.2) is 0 Å². The molecule has 1 aliphatic heterocycles. The van der Waals surface area contributed by atoms with Gasteiger partial charge in [-0.3, -0.25) is 9.36 Å². The largest absolute Gasteiger partial charge is 0.444 e. The number of aryl methyl sites for hydroxylation is 1. The Morgan fingerprint density at radius 1 is 1.11 bits per heavy atom. The maximum Gasteiger partial charge on any atom is 0.410 e. The first kappa shape index (κ1) is 19.5. The van der Waals surface area contributed by atoms with Crippen molar-refractivity contribution in [2.45, 2.75) is 33.3 Å². The smallest absolute Gasteiger partial charge is 0.410 e. The third-order valence-electron chi connectivity index (χ3n) is 4.45. The van der Waals surface area contributed by atoms with Gasteiger partial charge >= 0.3 is 6.09 Å². The Morgan fingerprint density at radius 3 is 2.21 bits per heavy atom. The standard InChI is InChI=1S/C20H24N4O4/c1-14-16(15(13-21)18(27-14)23-7-5-6-8-23)17(25)22-9-11-24(12-10-22)19(26)28-20(2,3)4/h5-8H,9-12H2,1-4H3. The Kier molecular flexibility index (Phi) is 5.18. The van der Waals surface area contributed by atoms with Gasteiger partial charge in [0, 0.05) is 38.6 Å². The van der Waals surface area contributed by atoms with Crippen LogP contribution in [0, 0.1) is 18.3 Å². The van der Waals surface area contributed by atoms with E-state index < -0.39 is 5.60 Å². The summed E-state index contributed by atoms with van der Waals surface area (Å²) in [5, 5.41) is 9.62. The van der Waals surface area contributed by atoms with Crippen molar-refractivity contribution in [2.24, 2.45) is 0 Å². The molecule has 2 aromatic heterocycles. The SMILES string of the molecule is Cc1oc(-n2cccc2)c(C#N)c1C(=O)N1CCN(C(=O)OC(C)(C)C)CC1. The van der Waals surface area contributed by atoms with Gasteiger partial charge < -0.3 is 19.0 Å². The third kappa shape index (κ3) is 3.88. The van der Waals surface area contributed by atoms with Crippen molar-refractivity contribution in [2.75, 3.05) is 26.2 Å². The molecule has 28 heavy (non-hydrogen) atoms. The molecule has 0 N–H and O–H groups in total. The van der Waals surface area contributed by atoms with E-state index in [2.05, 4.69) is 6.07 Å². The number of hydrogen-bond acceptors (Lipinski definition) is 5. The highest BCUT2D eigenvalue weighted by Gasteiger charge is 2.32. The fourth-order valence-electron chi connectivity index (χ4n) is 3.12. The summed E-state index contributed by atoms with van der Waals surface area (Å²) in [5.74, 6) is 0.473. The molecular formula is C20H24N4O4. The first-order valence-corrected chi connectivity index (χ1v) is 9.15. The van der Waals surface area contributed by atoms with Gasteiger partial charge in [-0.25, -0.2) is 4.79 Å². The summed E-state index contributed by atoms with van der Waals surface area (Å²) in [5.41, 5.74) is -0.0701. The van der Waals surface area contributed by atoms with Crippen molar-refractivity contribution < 1.29 is 18.7 Å². The van der Waals surface area contributed by atoms with Crippen molar-refractivity contribution in [1.29, 1.82) is 5.26 Å². The highest BCUT2D eigenvalue weighted by atomic mass is 16.6. The van der Waals surface area contributed by atoms with E-state index in [1.54, 1.807) is 33.7 Å². The van der Waals surface area contributed by atoms with Crippen molar-refractivity contribution in [3.05, 3.63) is 41.4 Å². The molecule has 1 fully saturated rings. The lowest BCUT2D eigenvalue weighted by Crippen LogP contribution is -2.51. The summed E-state index contributed by atoms with van der Waals surface area (Å²) in [6, 6.07) is 5.73. The summed E-state index contributed by atoms with van der Waals surface area (Å²) >= 11 is 0. The molecule has 0 saturated carbocycles. The Morgan fingerprint density at radius 2 is 1.68 bits per heavy atom. The summed E-state index contributed by atoms with van der Waals surface area (Å²) in [6.45, 7) is 8.62. The van der Waals surface area contributed by atoms with Crippen LogP contribution >= 0.6 is 0 Å². The minimum atomic E-state index is -0.561. The van der Waals surface area contributed by atoms with Crippen LogP contribution in [0.25, 0.3) is 5.88 Å². The van der Waals surface area contributed by atoms with Crippen LogP contribution in [0.3, 0.4) is 0 Å². The molecule has 0 aliphatic carbocycles. The van der Waals surface area contributed by atoms with Crippen LogP contribution in [-0.2, 0) is 4.74 Å². The van der Waals surface area contributed by atoms with Gasteiger partial charge in [-0.2, -0.15) is 5.26 Å². The second-order valence-corrected chi connectivity index (χ2v) is 7.68. The Balaban J connectivity index is 1.74. The molecule has 1 saturated heterocycles. The van der Waals surface area contributed by atoms with E-state index in [1.165, 1.54) is 0 Å². The number of carbonyl (C=O) groups excluding carboxylic acids is 2. The zero-order valence-electron chi connectivity index (χ0n) is 16.6. The lowest BCUT2D eigenvalue weighted by molar-refractivity contribution is 0.0140. The van der Waals surface area contributed by atoms with Crippen LogP contribution in [0.2, 0.25) is 0 Å². The summed E-state index contributed by atoms with van der Waals surface area (Å²) in [6.07, 6.45) is 3.13. The lowest BCUT2D eigenvalue weighted by atomic mass is 10.1. The minimum absolute atomic E-state index is 0.216. The van der Waals surface area contributed by atoms with Crippen LogP contribution in [0.5, 0.6) is 0 Å². The van der Waals surface area contributed by atoms with Crippen LogP contribution in [0.4, 0.5) is 4.79 Å². The molecule has 2 amide bonds. The van der Waals surface area contributed by atoms with E-state index in [0.29, 0.717) is 37.8 Å². The number of carbonyl (C=O) groups is 2.